The first-order valence-corrected chi connectivity index (χ1v) is 10.9. The van der Waals surface area contributed by atoms with Crippen LogP contribution in [0, 0.1) is 0 Å². The van der Waals surface area contributed by atoms with E-state index in [4.69, 9.17) is 15.2 Å². The fourth-order valence-electron chi connectivity index (χ4n) is 4.57. The van der Waals surface area contributed by atoms with Gasteiger partial charge in [0.1, 0.15) is 5.75 Å². The van der Waals surface area contributed by atoms with Crippen molar-refractivity contribution in [1.29, 1.82) is 0 Å². The third kappa shape index (κ3) is 5.52. The average Bonchev–Trinajstić information content (AvgIpc) is 3.08. The molecule has 2 aliphatic rings. The molecule has 1 heterocycles. The monoisotopic (exact) mass is 419 g/mol. The van der Waals surface area contributed by atoms with Gasteiger partial charge in [-0.05, 0) is 36.9 Å². The summed E-state index contributed by atoms with van der Waals surface area (Å²) in [5, 5.41) is 11.1. The number of primary amides is 1. The van der Waals surface area contributed by atoms with E-state index in [9.17, 15) is 9.90 Å². The quantitative estimate of drug-likeness (QED) is 0.696. The molecule has 3 N–H and O–H groups in total. The van der Waals surface area contributed by atoms with Crippen molar-refractivity contribution in [3.8, 4) is 5.75 Å². The van der Waals surface area contributed by atoms with Crippen LogP contribution in [0.25, 0.3) is 0 Å². The van der Waals surface area contributed by atoms with Crippen LogP contribution in [0.1, 0.15) is 44.7 Å². The Morgan fingerprint density at radius 2 is 2.00 bits per heavy atom. The Labute approximate surface area is 180 Å². The fraction of sp³-hybridized carbons (Fsp3) is 0.696. The highest BCUT2D eigenvalue weighted by molar-refractivity contribution is 5.75. The molecule has 0 unspecified atom stereocenters. The van der Waals surface area contributed by atoms with Gasteiger partial charge < -0.3 is 20.3 Å². The van der Waals surface area contributed by atoms with Crippen LogP contribution in [0.5, 0.6) is 5.75 Å². The molecule has 1 aliphatic heterocycles. The lowest BCUT2D eigenvalue weighted by Crippen LogP contribution is -2.50. The Morgan fingerprint density at radius 1 is 1.30 bits per heavy atom. The lowest BCUT2D eigenvalue weighted by molar-refractivity contribution is -0.119. The summed E-state index contributed by atoms with van der Waals surface area (Å²) in [5.74, 6) is 0.180. The van der Waals surface area contributed by atoms with Crippen molar-refractivity contribution in [2.75, 3.05) is 40.0 Å². The Hall–Kier alpha value is -1.67. The van der Waals surface area contributed by atoms with Crippen molar-refractivity contribution in [2.45, 2.75) is 63.8 Å². The van der Waals surface area contributed by atoms with Gasteiger partial charge in [0, 0.05) is 37.3 Å². The highest BCUT2D eigenvalue weighted by atomic mass is 16.5. The molecule has 1 saturated heterocycles. The van der Waals surface area contributed by atoms with E-state index < -0.39 is 12.0 Å². The molecule has 0 spiro atoms. The minimum atomic E-state index is -0.492. The summed E-state index contributed by atoms with van der Waals surface area (Å²) < 4.78 is 11.1. The standard InChI is InChI=1S/C23H37N3O4/c1-23(2,3)17-5-8-20(30-15-21(24)27)16(13-17)14-25(4)18-6-7-19(22(18)28)26-9-11-29-12-10-26/h5,8,13,18-19,22,28H,6-7,9-12,14-15H2,1-4H3,(H2,24,27)/t18-,19-,22-/m1/s1. The van der Waals surface area contributed by atoms with E-state index in [1.54, 1.807) is 0 Å². The number of benzene rings is 1. The summed E-state index contributed by atoms with van der Waals surface area (Å²) >= 11 is 0. The number of nitrogens with zero attached hydrogens (tertiary/aromatic N) is 2. The number of ether oxygens (including phenoxy) is 2. The predicted molar refractivity (Wildman–Crippen MR) is 117 cm³/mol. The van der Waals surface area contributed by atoms with Crippen molar-refractivity contribution in [3.63, 3.8) is 0 Å². The van der Waals surface area contributed by atoms with Crippen LogP contribution in [0.15, 0.2) is 18.2 Å². The molecule has 1 aliphatic carbocycles. The highest BCUT2D eigenvalue weighted by Gasteiger charge is 2.40. The summed E-state index contributed by atoms with van der Waals surface area (Å²) in [7, 11) is 2.05. The number of likely N-dealkylation sites (N-methyl/N-ethyl adjacent to an activating group) is 1. The first-order chi connectivity index (χ1) is 14.2. The Balaban J connectivity index is 1.74. The summed E-state index contributed by atoms with van der Waals surface area (Å²) in [6, 6.07) is 6.38. The molecule has 0 bridgehead atoms. The molecule has 7 nitrogen and oxygen atoms in total. The van der Waals surface area contributed by atoms with Gasteiger partial charge in [-0.3, -0.25) is 14.6 Å². The molecule has 1 aromatic carbocycles. The maximum atomic E-state index is 11.2. The summed E-state index contributed by atoms with van der Waals surface area (Å²) in [6.07, 6.45) is 1.55. The number of carbonyl (C=O) groups is 1. The second-order valence-electron chi connectivity index (χ2n) is 9.59. The molecule has 1 aromatic rings. The van der Waals surface area contributed by atoms with Crippen LogP contribution >= 0.6 is 0 Å². The molecule has 30 heavy (non-hydrogen) atoms. The number of aliphatic hydroxyl groups is 1. The molecule has 1 saturated carbocycles. The fourth-order valence-corrected chi connectivity index (χ4v) is 4.57. The molecule has 168 valence electrons. The molecule has 3 atom stereocenters. The molecular weight excluding hydrogens is 382 g/mol. The van der Waals surface area contributed by atoms with Gasteiger partial charge >= 0.3 is 0 Å². The van der Waals surface area contributed by atoms with E-state index in [0.29, 0.717) is 12.3 Å². The van der Waals surface area contributed by atoms with Gasteiger partial charge in [0.2, 0.25) is 0 Å². The van der Waals surface area contributed by atoms with Gasteiger partial charge in [-0.25, -0.2) is 0 Å². The molecular formula is C23H37N3O4. The zero-order valence-corrected chi connectivity index (χ0v) is 18.8. The Bertz CT molecular complexity index is 728. The molecule has 2 fully saturated rings. The summed E-state index contributed by atoms with van der Waals surface area (Å²) in [6.45, 7) is 10.3. The van der Waals surface area contributed by atoms with Crippen LogP contribution in [0.4, 0.5) is 0 Å². The van der Waals surface area contributed by atoms with E-state index in [1.165, 1.54) is 5.56 Å². The lowest BCUT2D eigenvalue weighted by Gasteiger charge is -2.36. The third-order valence-electron chi connectivity index (χ3n) is 6.34. The first-order valence-electron chi connectivity index (χ1n) is 10.9. The maximum absolute atomic E-state index is 11.2. The Morgan fingerprint density at radius 3 is 2.63 bits per heavy atom. The second-order valence-corrected chi connectivity index (χ2v) is 9.59. The van der Waals surface area contributed by atoms with Crippen molar-refractivity contribution in [3.05, 3.63) is 29.3 Å². The molecule has 3 rings (SSSR count). The SMILES string of the molecule is CN(Cc1cc(C(C)(C)C)ccc1OCC(N)=O)[C@@H]1CC[C@@H](N2CCOCC2)[C@@H]1O. The van der Waals surface area contributed by atoms with E-state index >= 15 is 0 Å². The minimum Gasteiger partial charge on any atom is -0.483 e. The minimum absolute atomic E-state index is 0.00381. The van der Waals surface area contributed by atoms with Crippen LogP contribution < -0.4 is 10.5 Å². The van der Waals surface area contributed by atoms with Gasteiger partial charge in [-0.1, -0.05) is 32.9 Å². The number of rotatable bonds is 7. The van der Waals surface area contributed by atoms with Crippen molar-refractivity contribution in [1.82, 2.24) is 9.80 Å². The van der Waals surface area contributed by atoms with Gasteiger partial charge in [-0.2, -0.15) is 0 Å². The van der Waals surface area contributed by atoms with Crippen LogP contribution in [0.3, 0.4) is 0 Å². The predicted octanol–water partition coefficient (Wildman–Crippen LogP) is 1.50. The molecule has 0 aromatic heterocycles. The van der Waals surface area contributed by atoms with Crippen LogP contribution in [-0.2, 0) is 21.5 Å². The average molecular weight is 420 g/mol. The van der Waals surface area contributed by atoms with Gasteiger partial charge in [-0.15, -0.1) is 0 Å². The molecule has 0 radical (unpaired) electrons. The number of hydrogen-bond acceptors (Lipinski definition) is 6. The number of amides is 1. The number of nitrogens with two attached hydrogens (primary N) is 1. The van der Waals surface area contributed by atoms with Crippen LogP contribution in [0.2, 0.25) is 0 Å². The first kappa shape index (κ1) is 23.0. The van der Waals surface area contributed by atoms with Gasteiger partial charge in [0.25, 0.3) is 5.91 Å². The van der Waals surface area contributed by atoms with E-state index in [-0.39, 0.29) is 24.1 Å². The van der Waals surface area contributed by atoms with E-state index in [0.717, 1.165) is 44.7 Å². The van der Waals surface area contributed by atoms with Crippen molar-refractivity contribution >= 4 is 5.91 Å². The Kier molecular flexibility index (Phi) is 7.39. The van der Waals surface area contributed by atoms with Crippen molar-refractivity contribution in [2.24, 2.45) is 5.73 Å². The van der Waals surface area contributed by atoms with Gasteiger partial charge in [0.15, 0.2) is 6.61 Å². The normalized spacial score (nSPS) is 25.6. The second kappa shape index (κ2) is 9.64. The zero-order chi connectivity index (χ0) is 21.9. The molecule has 1 amide bonds. The number of morpholine rings is 1. The highest BCUT2D eigenvalue weighted by Crippen LogP contribution is 2.32. The summed E-state index contributed by atoms with van der Waals surface area (Å²) in [5.41, 5.74) is 7.49. The van der Waals surface area contributed by atoms with E-state index in [2.05, 4.69) is 43.7 Å². The van der Waals surface area contributed by atoms with Crippen LogP contribution in [-0.4, -0.2) is 79.0 Å². The smallest absolute Gasteiger partial charge is 0.255 e. The lowest BCUT2D eigenvalue weighted by atomic mass is 9.86. The van der Waals surface area contributed by atoms with Crippen molar-refractivity contribution < 1.29 is 19.4 Å². The zero-order valence-electron chi connectivity index (χ0n) is 18.8. The summed E-state index contributed by atoms with van der Waals surface area (Å²) in [4.78, 5) is 15.8. The number of hydrogen-bond donors (Lipinski definition) is 2. The maximum Gasteiger partial charge on any atom is 0.255 e. The topological polar surface area (TPSA) is 88.3 Å². The largest absolute Gasteiger partial charge is 0.483 e. The van der Waals surface area contributed by atoms with Gasteiger partial charge in [0.05, 0.1) is 19.3 Å². The van der Waals surface area contributed by atoms with E-state index in [1.807, 2.05) is 12.1 Å². The number of carbonyl (C=O) groups excluding carboxylic acids is 1. The third-order valence-corrected chi connectivity index (χ3v) is 6.34. The number of aliphatic hydroxyl groups excluding tert-OH is 1. The molecule has 7 heteroatoms.